The number of rotatable bonds is 10. The summed E-state index contributed by atoms with van der Waals surface area (Å²) in [6.07, 6.45) is 1.71. The highest BCUT2D eigenvalue weighted by atomic mass is 16.2. The van der Waals surface area contributed by atoms with Gasteiger partial charge in [0, 0.05) is 50.9 Å². The summed E-state index contributed by atoms with van der Waals surface area (Å²) >= 11 is 0. The second kappa shape index (κ2) is 10.6. The first kappa shape index (κ1) is 20.8. The van der Waals surface area contributed by atoms with Gasteiger partial charge in [0.1, 0.15) is 17.3 Å². The maximum Gasteiger partial charge on any atom is 0.267 e. The predicted octanol–water partition coefficient (Wildman–Crippen LogP) is 1.86. The van der Waals surface area contributed by atoms with Crippen LogP contribution in [0.15, 0.2) is 54.7 Å². The maximum absolute atomic E-state index is 12.0. The van der Waals surface area contributed by atoms with Gasteiger partial charge in [-0.15, -0.1) is 0 Å². The number of benzene rings is 1. The van der Waals surface area contributed by atoms with Gasteiger partial charge in [-0.2, -0.15) is 0 Å². The van der Waals surface area contributed by atoms with Crippen LogP contribution in [0.1, 0.15) is 17.4 Å². The Balaban J connectivity index is 1.62. The molecule has 3 aromatic rings. The molecular formula is C21H25N7O2. The van der Waals surface area contributed by atoms with Crippen molar-refractivity contribution in [1.82, 2.24) is 25.6 Å². The fraction of sp³-hybridized carbons (Fsp3) is 0.238. The first-order valence-electron chi connectivity index (χ1n) is 9.70. The molecule has 0 radical (unpaired) electrons. The van der Waals surface area contributed by atoms with Crippen molar-refractivity contribution in [3.8, 4) is 11.4 Å². The van der Waals surface area contributed by atoms with E-state index in [1.54, 1.807) is 24.4 Å². The first-order valence-corrected chi connectivity index (χ1v) is 9.70. The lowest BCUT2D eigenvalue weighted by molar-refractivity contribution is -0.118. The van der Waals surface area contributed by atoms with Crippen molar-refractivity contribution in [2.75, 3.05) is 36.8 Å². The van der Waals surface area contributed by atoms with Gasteiger partial charge in [-0.25, -0.2) is 9.97 Å². The molecule has 0 fully saturated rings. The summed E-state index contributed by atoms with van der Waals surface area (Å²) in [5, 5.41) is 12.0. The van der Waals surface area contributed by atoms with Crippen molar-refractivity contribution in [2.45, 2.75) is 6.92 Å². The molecule has 9 heteroatoms. The molecule has 0 spiro atoms. The van der Waals surface area contributed by atoms with E-state index in [1.165, 1.54) is 6.92 Å². The van der Waals surface area contributed by atoms with Gasteiger partial charge in [-0.3, -0.25) is 9.59 Å². The number of amides is 2. The minimum Gasteiger partial charge on any atom is -0.368 e. The van der Waals surface area contributed by atoms with Gasteiger partial charge in [0.05, 0.1) is 0 Å². The number of carbonyl (C=O) groups is 2. The summed E-state index contributed by atoms with van der Waals surface area (Å²) in [6.45, 7) is 3.45. The Morgan fingerprint density at radius 2 is 1.53 bits per heavy atom. The number of nitrogens with zero attached hydrogens (tertiary/aromatic N) is 2. The number of nitrogens with one attached hydrogen (secondary N) is 5. The van der Waals surface area contributed by atoms with Gasteiger partial charge < -0.3 is 26.3 Å². The van der Waals surface area contributed by atoms with Gasteiger partial charge in [0.25, 0.3) is 5.91 Å². The van der Waals surface area contributed by atoms with Crippen LogP contribution in [-0.2, 0) is 4.79 Å². The number of hydrogen-bond acceptors (Lipinski definition) is 6. The lowest BCUT2D eigenvalue weighted by Crippen LogP contribution is -2.29. The quantitative estimate of drug-likeness (QED) is 0.327. The highest BCUT2D eigenvalue weighted by Crippen LogP contribution is 2.19. The van der Waals surface area contributed by atoms with E-state index >= 15 is 0 Å². The molecular weight excluding hydrogens is 382 g/mol. The van der Waals surface area contributed by atoms with Crippen molar-refractivity contribution < 1.29 is 9.59 Å². The van der Waals surface area contributed by atoms with Crippen molar-refractivity contribution in [1.29, 1.82) is 0 Å². The van der Waals surface area contributed by atoms with E-state index in [1.807, 2.05) is 30.3 Å². The molecule has 5 N–H and O–H groups in total. The molecule has 3 rings (SSSR count). The minimum absolute atomic E-state index is 0.0757. The first-order chi connectivity index (χ1) is 14.6. The summed E-state index contributed by atoms with van der Waals surface area (Å²) in [5.74, 6) is 1.63. The third-order valence-corrected chi connectivity index (χ3v) is 4.12. The molecule has 0 saturated carbocycles. The maximum atomic E-state index is 12.0. The highest BCUT2D eigenvalue weighted by Gasteiger charge is 2.08. The molecule has 0 saturated heterocycles. The van der Waals surface area contributed by atoms with Crippen LogP contribution < -0.4 is 21.3 Å². The second-order valence-corrected chi connectivity index (χ2v) is 6.50. The molecule has 9 nitrogen and oxygen atoms in total. The molecule has 0 unspecified atom stereocenters. The zero-order valence-corrected chi connectivity index (χ0v) is 16.7. The Hall–Kier alpha value is -3.88. The SMILES string of the molecule is CC(=O)NCCNc1cc(NCCNC(=O)c2ccc[nH]2)nc(-c2ccccc2)n1. The summed E-state index contributed by atoms with van der Waals surface area (Å²) < 4.78 is 0. The Morgan fingerprint density at radius 1 is 0.867 bits per heavy atom. The van der Waals surface area contributed by atoms with Crippen LogP contribution in [0.4, 0.5) is 11.6 Å². The Labute approximate surface area is 174 Å². The fourth-order valence-corrected chi connectivity index (χ4v) is 2.71. The van der Waals surface area contributed by atoms with E-state index in [0.717, 1.165) is 5.56 Å². The average molecular weight is 407 g/mol. The van der Waals surface area contributed by atoms with Crippen molar-refractivity contribution >= 4 is 23.5 Å². The molecule has 156 valence electrons. The molecule has 30 heavy (non-hydrogen) atoms. The average Bonchev–Trinajstić information content (AvgIpc) is 3.30. The van der Waals surface area contributed by atoms with Crippen LogP contribution in [0.5, 0.6) is 0 Å². The molecule has 2 amide bonds. The standard InChI is InChI=1S/C21H25N7O2/c1-15(29)22-10-11-24-18-14-19(28-20(27-18)16-6-3-2-4-7-16)25-12-13-26-21(30)17-8-5-9-23-17/h2-9,14,23H,10-13H2,1H3,(H,22,29)(H,26,30)(H2,24,25,27,28). The van der Waals surface area contributed by atoms with Gasteiger partial charge in [-0.1, -0.05) is 30.3 Å². The number of H-pyrrole nitrogens is 1. The number of carbonyl (C=O) groups excluding carboxylic acids is 2. The predicted molar refractivity (Wildman–Crippen MR) is 116 cm³/mol. The topological polar surface area (TPSA) is 124 Å². The second-order valence-electron chi connectivity index (χ2n) is 6.50. The number of aromatic nitrogens is 3. The zero-order chi connectivity index (χ0) is 21.2. The van der Waals surface area contributed by atoms with Crippen molar-refractivity contribution in [3.05, 3.63) is 60.4 Å². The number of aromatic amines is 1. The fourth-order valence-electron chi connectivity index (χ4n) is 2.71. The van der Waals surface area contributed by atoms with E-state index < -0.39 is 0 Å². The van der Waals surface area contributed by atoms with Crippen molar-refractivity contribution in [3.63, 3.8) is 0 Å². The van der Waals surface area contributed by atoms with E-state index in [4.69, 9.17) is 0 Å². The molecule has 2 heterocycles. The summed E-state index contributed by atoms with van der Waals surface area (Å²) in [6, 6.07) is 15.0. The summed E-state index contributed by atoms with van der Waals surface area (Å²) in [5.41, 5.74) is 1.42. The van der Waals surface area contributed by atoms with Gasteiger partial charge >= 0.3 is 0 Å². The Morgan fingerprint density at radius 3 is 2.13 bits per heavy atom. The van der Waals surface area contributed by atoms with E-state index in [9.17, 15) is 9.59 Å². The lowest BCUT2D eigenvalue weighted by Gasteiger charge is -2.12. The Bertz CT molecular complexity index is 959. The summed E-state index contributed by atoms with van der Waals surface area (Å²) in [4.78, 5) is 35.0. The van der Waals surface area contributed by atoms with E-state index in [0.29, 0.717) is 49.3 Å². The van der Waals surface area contributed by atoms with E-state index in [2.05, 4.69) is 36.2 Å². The molecule has 1 aromatic carbocycles. The molecule has 0 aliphatic heterocycles. The van der Waals surface area contributed by atoms with Gasteiger partial charge in [0.15, 0.2) is 5.82 Å². The summed E-state index contributed by atoms with van der Waals surface area (Å²) in [7, 11) is 0. The third kappa shape index (κ3) is 6.33. The van der Waals surface area contributed by atoms with Crippen LogP contribution in [0.25, 0.3) is 11.4 Å². The van der Waals surface area contributed by atoms with Gasteiger partial charge in [0.2, 0.25) is 5.91 Å². The van der Waals surface area contributed by atoms with Gasteiger partial charge in [-0.05, 0) is 12.1 Å². The normalized spacial score (nSPS) is 10.3. The van der Waals surface area contributed by atoms with E-state index in [-0.39, 0.29) is 11.8 Å². The smallest absolute Gasteiger partial charge is 0.267 e. The molecule has 0 aliphatic carbocycles. The zero-order valence-electron chi connectivity index (χ0n) is 16.7. The van der Waals surface area contributed by atoms with Crippen LogP contribution in [-0.4, -0.2) is 52.9 Å². The molecule has 0 aliphatic rings. The highest BCUT2D eigenvalue weighted by molar-refractivity contribution is 5.92. The molecule has 0 bridgehead atoms. The molecule has 0 atom stereocenters. The van der Waals surface area contributed by atoms with Crippen LogP contribution in [0.2, 0.25) is 0 Å². The molecule has 2 aromatic heterocycles. The number of anilines is 2. The van der Waals surface area contributed by atoms with Crippen molar-refractivity contribution in [2.24, 2.45) is 0 Å². The van der Waals surface area contributed by atoms with Crippen LogP contribution >= 0.6 is 0 Å². The Kier molecular flexibility index (Phi) is 7.37. The van der Waals surface area contributed by atoms with Crippen LogP contribution in [0.3, 0.4) is 0 Å². The largest absolute Gasteiger partial charge is 0.368 e. The lowest BCUT2D eigenvalue weighted by atomic mass is 10.2. The number of hydrogen-bond donors (Lipinski definition) is 5. The monoisotopic (exact) mass is 407 g/mol. The van der Waals surface area contributed by atoms with Crippen LogP contribution in [0, 0.1) is 0 Å². The third-order valence-electron chi connectivity index (χ3n) is 4.12. The minimum atomic E-state index is -0.158.